The van der Waals surface area contributed by atoms with Gasteiger partial charge < -0.3 is 15.0 Å². The summed E-state index contributed by atoms with van der Waals surface area (Å²) in [7, 11) is 1.67. The Bertz CT molecular complexity index is 733. The maximum atomic E-state index is 5.74. The third kappa shape index (κ3) is 2.14. The summed E-state index contributed by atoms with van der Waals surface area (Å²) in [6.45, 7) is 1.32. The van der Waals surface area contributed by atoms with Crippen molar-refractivity contribution in [3.05, 3.63) is 48.5 Å². The van der Waals surface area contributed by atoms with E-state index >= 15 is 0 Å². The molecule has 0 saturated carbocycles. The number of ether oxygens (including phenoxy) is 1. The van der Waals surface area contributed by atoms with Gasteiger partial charge in [-0.3, -0.25) is 0 Å². The van der Waals surface area contributed by atoms with Crippen LogP contribution in [0, 0.1) is 0 Å². The van der Waals surface area contributed by atoms with Crippen LogP contribution in [0.15, 0.2) is 48.5 Å². The van der Waals surface area contributed by atoms with Gasteiger partial charge in [0.15, 0.2) is 0 Å². The molecule has 2 aromatic carbocycles. The first kappa shape index (κ1) is 12.7. The molecule has 1 aromatic heterocycles. The summed E-state index contributed by atoms with van der Waals surface area (Å²) in [5, 5.41) is 0. The molecule has 1 heterocycles. The van der Waals surface area contributed by atoms with Crippen LogP contribution in [-0.4, -0.2) is 23.2 Å². The van der Waals surface area contributed by atoms with Crippen LogP contribution in [0.5, 0.6) is 5.75 Å². The number of methoxy groups -OCH3 is 1. The molecule has 3 rings (SSSR count). The number of fused-ring (bicyclic) bond motifs is 1. The number of nitrogens with two attached hydrogens (primary N) is 1. The zero-order chi connectivity index (χ0) is 13.9. The molecule has 0 aliphatic carbocycles. The molecule has 4 heteroatoms. The van der Waals surface area contributed by atoms with E-state index in [-0.39, 0.29) is 0 Å². The Hall–Kier alpha value is -2.33. The highest BCUT2D eigenvalue weighted by atomic mass is 16.5. The standard InChI is InChI=1S/C16H17N3O/c1-20-13-6-4-5-12(11-13)16-18-14-7-2-3-8-15(14)19(16)10-9-17/h2-8,11H,9-10,17H2,1H3. The van der Waals surface area contributed by atoms with Gasteiger partial charge in [0.2, 0.25) is 0 Å². The molecule has 0 fully saturated rings. The Morgan fingerprint density at radius 3 is 2.80 bits per heavy atom. The molecule has 0 aliphatic rings. The Morgan fingerprint density at radius 1 is 1.15 bits per heavy atom. The summed E-state index contributed by atoms with van der Waals surface area (Å²) < 4.78 is 7.45. The molecular weight excluding hydrogens is 250 g/mol. The van der Waals surface area contributed by atoms with Gasteiger partial charge in [0, 0.05) is 18.7 Å². The molecule has 0 aliphatic heterocycles. The van der Waals surface area contributed by atoms with Crippen molar-refractivity contribution in [3.63, 3.8) is 0 Å². The van der Waals surface area contributed by atoms with Crippen LogP contribution in [0.2, 0.25) is 0 Å². The molecule has 4 nitrogen and oxygen atoms in total. The Morgan fingerprint density at radius 2 is 2.00 bits per heavy atom. The summed E-state index contributed by atoms with van der Waals surface area (Å²) in [6.07, 6.45) is 0. The summed E-state index contributed by atoms with van der Waals surface area (Å²) in [5.41, 5.74) is 8.87. The maximum absolute atomic E-state index is 5.74. The van der Waals surface area contributed by atoms with E-state index in [9.17, 15) is 0 Å². The molecule has 3 aromatic rings. The zero-order valence-electron chi connectivity index (χ0n) is 11.4. The van der Waals surface area contributed by atoms with Gasteiger partial charge in [-0.05, 0) is 24.3 Å². The quantitative estimate of drug-likeness (QED) is 0.790. The number of nitrogens with zero attached hydrogens (tertiary/aromatic N) is 2. The fourth-order valence-corrected chi connectivity index (χ4v) is 2.41. The van der Waals surface area contributed by atoms with Crippen LogP contribution >= 0.6 is 0 Å². The average Bonchev–Trinajstić information content (AvgIpc) is 2.87. The Labute approximate surface area is 117 Å². The second kappa shape index (κ2) is 5.35. The van der Waals surface area contributed by atoms with Gasteiger partial charge in [-0.25, -0.2) is 4.98 Å². The van der Waals surface area contributed by atoms with E-state index in [0.29, 0.717) is 6.54 Å². The minimum atomic E-state index is 0.581. The fraction of sp³-hybridized carbons (Fsp3) is 0.188. The molecule has 2 N–H and O–H groups in total. The van der Waals surface area contributed by atoms with Gasteiger partial charge in [0.1, 0.15) is 11.6 Å². The highest BCUT2D eigenvalue weighted by molar-refractivity contribution is 5.80. The third-order valence-corrected chi connectivity index (χ3v) is 3.34. The third-order valence-electron chi connectivity index (χ3n) is 3.34. The number of hydrogen-bond acceptors (Lipinski definition) is 3. The minimum Gasteiger partial charge on any atom is -0.497 e. The van der Waals surface area contributed by atoms with Crippen molar-refractivity contribution in [2.75, 3.05) is 13.7 Å². The minimum absolute atomic E-state index is 0.581. The lowest BCUT2D eigenvalue weighted by atomic mass is 10.2. The fourth-order valence-electron chi connectivity index (χ4n) is 2.41. The van der Waals surface area contributed by atoms with Crippen LogP contribution in [0.4, 0.5) is 0 Å². The van der Waals surface area contributed by atoms with Crippen LogP contribution in [-0.2, 0) is 6.54 Å². The van der Waals surface area contributed by atoms with E-state index in [2.05, 4.69) is 10.6 Å². The van der Waals surface area contributed by atoms with E-state index < -0.39 is 0 Å². The highest BCUT2D eigenvalue weighted by Gasteiger charge is 2.12. The van der Waals surface area contributed by atoms with Crippen LogP contribution in [0.3, 0.4) is 0 Å². The predicted octanol–water partition coefficient (Wildman–Crippen LogP) is 2.67. The first-order valence-electron chi connectivity index (χ1n) is 6.63. The molecule has 0 radical (unpaired) electrons. The second-order valence-corrected chi connectivity index (χ2v) is 4.60. The Balaban J connectivity index is 2.21. The lowest BCUT2D eigenvalue weighted by Crippen LogP contribution is -2.10. The number of rotatable bonds is 4. The molecule has 0 spiro atoms. The SMILES string of the molecule is COc1cccc(-c2nc3ccccc3n2CCN)c1. The van der Waals surface area contributed by atoms with Crippen LogP contribution in [0.1, 0.15) is 0 Å². The van der Waals surface area contributed by atoms with E-state index in [1.807, 2.05) is 42.5 Å². The molecule has 0 atom stereocenters. The zero-order valence-corrected chi connectivity index (χ0v) is 11.4. The first-order valence-corrected chi connectivity index (χ1v) is 6.63. The van der Waals surface area contributed by atoms with Crippen molar-refractivity contribution in [1.82, 2.24) is 9.55 Å². The number of benzene rings is 2. The molecule has 0 saturated heterocycles. The topological polar surface area (TPSA) is 53.1 Å². The van der Waals surface area contributed by atoms with Gasteiger partial charge in [0.05, 0.1) is 18.1 Å². The van der Waals surface area contributed by atoms with Crippen molar-refractivity contribution in [2.45, 2.75) is 6.54 Å². The van der Waals surface area contributed by atoms with Gasteiger partial charge in [0.25, 0.3) is 0 Å². The lowest BCUT2D eigenvalue weighted by Gasteiger charge is -2.08. The maximum Gasteiger partial charge on any atom is 0.141 e. The molecule has 0 amide bonds. The van der Waals surface area contributed by atoms with Crippen LogP contribution in [0.25, 0.3) is 22.4 Å². The van der Waals surface area contributed by atoms with Crippen molar-refractivity contribution in [1.29, 1.82) is 0 Å². The predicted molar refractivity (Wildman–Crippen MR) is 80.8 cm³/mol. The summed E-state index contributed by atoms with van der Waals surface area (Å²) in [4.78, 5) is 4.73. The molecule has 20 heavy (non-hydrogen) atoms. The van der Waals surface area contributed by atoms with Crippen molar-refractivity contribution >= 4 is 11.0 Å². The Kier molecular flexibility index (Phi) is 3.39. The van der Waals surface area contributed by atoms with Crippen molar-refractivity contribution in [3.8, 4) is 17.1 Å². The molecule has 0 bridgehead atoms. The monoisotopic (exact) mass is 267 g/mol. The van der Waals surface area contributed by atoms with Gasteiger partial charge >= 0.3 is 0 Å². The highest BCUT2D eigenvalue weighted by Crippen LogP contribution is 2.27. The largest absolute Gasteiger partial charge is 0.497 e. The summed E-state index contributed by atoms with van der Waals surface area (Å²) >= 11 is 0. The van der Waals surface area contributed by atoms with Gasteiger partial charge in [-0.2, -0.15) is 0 Å². The van der Waals surface area contributed by atoms with E-state index in [0.717, 1.165) is 34.7 Å². The number of hydrogen-bond donors (Lipinski definition) is 1. The number of imidazole rings is 1. The normalized spacial score (nSPS) is 10.9. The lowest BCUT2D eigenvalue weighted by molar-refractivity contribution is 0.415. The second-order valence-electron chi connectivity index (χ2n) is 4.60. The van der Waals surface area contributed by atoms with Crippen LogP contribution < -0.4 is 10.5 Å². The average molecular weight is 267 g/mol. The van der Waals surface area contributed by atoms with Gasteiger partial charge in [-0.1, -0.05) is 24.3 Å². The van der Waals surface area contributed by atoms with E-state index in [1.165, 1.54) is 0 Å². The van der Waals surface area contributed by atoms with Gasteiger partial charge in [-0.15, -0.1) is 0 Å². The van der Waals surface area contributed by atoms with E-state index in [4.69, 9.17) is 15.5 Å². The summed E-state index contributed by atoms with van der Waals surface area (Å²) in [6, 6.07) is 16.0. The summed E-state index contributed by atoms with van der Waals surface area (Å²) in [5.74, 6) is 1.75. The molecular formula is C16H17N3O. The smallest absolute Gasteiger partial charge is 0.141 e. The first-order chi connectivity index (χ1) is 9.83. The molecule has 0 unspecified atom stereocenters. The number of para-hydroxylation sites is 2. The van der Waals surface area contributed by atoms with E-state index in [1.54, 1.807) is 7.11 Å². The molecule has 102 valence electrons. The van der Waals surface area contributed by atoms with Crippen molar-refractivity contribution in [2.24, 2.45) is 5.73 Å². The van der Waals surface area contributed by atoms with Crippen molar-refractivity contribution < 1.29 is 4.74 Å². The number of aromatic nitrogens is 2.